The van der Waals surface area contributed by atoms with Gasteiger partial charge in [0.05, 0.1) is 0 Å². The molecule has 130 valence electrons. The van der Waals surface area contributed by atoms with Crippen molar-refractivity contribution < 1.29 is 4.79 Å². The van der Waals surface area contributed by atoms with E-state index in [1.807, 2.05) is 30.9 Å². The van der Waals surface area contributed by atoms with Crippen LogP contribution in [0.4, 0.5) is 10.8 Å². The third kappa shape index (κ3) is 5.79. The smallest absolute Gasteiger partial charge is 0.222 e. The van der Waals surface area contributed by atoms with Gasteiger partial charge in [-0.3, -0.25) is 4.79 Å². The maximum absolute atomic E-state index is 11.9. The number of nitrogens with zero attached hydrogens (tertiary/aromatic N) is 3. The van der Waals surface area contributed by atoms with Gasteiger partial charge in [0.15, 0.2) is 4.34 Å². The Morgan fingerprint density at radius 2 is 2.08 bits per heavy atom. The third-order valence-corrected chi connectivity index (χ3v) is 5.61. The summed E-state index contributed by atoms with van der Waals surface area (Å²) < 4.78 is 0.931. The maximum Gasteiger partial charge on any atom is 0.222 e. The van der Waals surface area contributed by atoms with Gasteiger partial charge in [0.2, 0.25) is 11.0 Å². The first-order chi connectivity index (χ1) is 11.6. The van der Waals surface area contributed by atoms with Crippen LogP contribution in [0.5, 0.6) is 0 Å². The van der Waals surface area contributed by atoms with E-state index in [0.29, 0.717) is 6.42 Å². The highest BCUT2D eigenvalue weighted by Crippen LogP contribution is 2.28. The number of carbonyl (C=O) groups excluding carboxylic acids is 1. The first kappa shape index (κ1) is 18.7. The highest BCUT2D eigenvalue weighted by Gasteiger charge is 2.10. The second-order valence-corrected chi connectivity index (χ2v) is 7.71. The number of anilines is 2. The number of aryl methyl sites for hydroxylation is 1. The molecule has 1 amide bonds. The van der Waals surface area contributed by atoms with E-state index in [1.165, 1.54) is 5.56 Å². The van der Waals surface area contributed by atoms with Crippen LogP contribution in [0.2, 0.25) is 0 Å². The largest absolute Gasteiger partial charge is 0.343 e. The lowest BCUT2D eigenvalue weighted by atomic mass is 10.2. The van der Waals surface area contributed by atoms with E-state index < -0.39 is 0 Å². The first-order valence-electron chi connectivity index (χ1n) is 8.20. The molecule has 0 aliphatic rings. The normalized spacial score (nSPS) is 10.6. The molecular weight excluding hydrogens is 340 g/mol. The maximum atomic E-state index is 11.9. The Morgan fingerprint density at radius 3 is 2.79 bits per heavy atom. The minimum Gasteiger partial charge on any atom is -0.343 e. The van der Waals surface area contributed by atoms with Gasteiger partial charge in [0.1, 0.15) is 0 Å². The predicted molar refractivity (Wildman–Crippen MR) is 102 cm³/mol. The number of aromatic nitrogens is 2. The fourth-order valence-corrected chi connectivity index (χ4v) is 4.06. The number of hydrogen-bond donors (Lipinski definition) is 1. The van der Waals surface area contributed by atoms with Crippen LogP contribution in [0.1, 0.15) is 32.3 Å². The molecule has 0 saturated heterocycles. The van der Waals surface area contributed by atoms with Crippen LogP contribution < -0.4 is 5.32 Å². The summed E-state index contributed by atoms with van der Waals surface area (Å²) in [5, 5.41) is 12.4. The van der Waals surface area contributed by atoms with E-state index in [2.05, 4.69) is 34.6 Å². The summed E-state index contributed by atoms with van der Waals surface area (Å²) in [7, 11) is 0. The molecular formula is C17H24N4OS2. The Kier molecular flexibility index (Phi) is 7.52. The third-order valence-electron chi connectivity index (χ3n) is 3.55. The number of nitrogens with one attached hydrogen (secondary N) is 1. The molecule has 0 aliphatic heterocycles. The highest BCUT2D eigenvalue weighted by atomic mass is 32.2. The van der Waals surface area contributed by atoms with Crippen LogP contribution in [0.3, 0.4) is 0 Å². The van der Waals surface area contributed by atoms with Crippen molar-refractivity contribution in [2.24, 2.45) is 0 Å². The fraction of sp³-hybridized carbons (Fsp3) is 0.471. The number of thioether (sulfide) groups is 1. The SMILES string of the molecule is CCN(CC)C(=O)CCCSc1nnc(Nc2cccc(C)c2)s1. The van der Waals surface area contributed by atoms with Crippen molar-refractivity contribution in [1.82, 2.24) is 15.1 Å². The fourth-order valence-electron chi connectivity index (χ4n) is 2.28. The van der Waals surface area contributed by atoms with Gasteiger partial charge in [0.25, 0.3) is 0 Å². The Morgan fingerprint density at radius 1 is 1.29 bits per heavy atom. The molecule has 5 nitrogen and oxygen atoms in total. The lowest BCUT2D eigenvalue weighted by Crippen LogP contribution is -2.30. The molecule has 0 fully saturated rings. The van der Waals surface area contributed by atoms with Gasteiger partial charge in [-0.05, 0) is 44.9 Å². The van der Waals surface area contributed by atoms with Crippen molar-refractivity contribution in [1.29, 1.82) is 0 Å². The van der Waals surface area contributed by atoms with E-state index >= 15 is 0 Å². The van der Waals surface area contributed by atoms with E-state index in [9.17, 15) is 4.79 Å². The summed E-state index contributed by atoms with van der Waals surface area (Å²) in [5.74, 6) is 1.12. The Balaban J connectivity index is 1.75. The average Bonchev–Trinajstić information content (AvgIpc) is 3.00. The van der Waals surface area contributed by atoms with Crippen molar-refractivity contribution >= 4 is 39.8 Å². The lowest BCUT2D eigenvalue weighted by Gasteiger charge is -2.18. The molecule has 0 spiro atoms. The summed E-state index contributed by atoms with van der Waals surface area (Å²) in [4.78, 5) is 13.8. The summed E-state index contributed by atoms with van der Waals surface area (Å²) in [6.45, 7) is 7.66. The predicted octanol–water partition coefficient (Wildman–Crippen LogP) is 4.33. The standard InChI is InChI=1S/C17H24N4OS2/c1-4-21(5-2)15(22)10-7-11-23-17-20-19-16(24-17)18-14-9-6-8-13(3)12-14/h6,8-9,12H,4-5,7,10-11H2,1-3H3,(H,18,19). The molecule has 1 aromatic carbocycles. The summed E-state index contributed by atoms with van der Waals surface area (Å²) >= 11 is 3.20. The van der Waals surface area contributed by atoms with Crippen LogP contribution in [0.15, 0.2) is 28.6 Å². The molecule has 0 aliphatic carbocycles. The van der Waals surface area contributed by atoms with E-state index in [1.54, 1.807) is 23.1 Å². The van der Waals surface area contributed by atoms with E-state index in [-0.39, 0.29) is 5.91 Å². The zero-order valence-corrected chi connectivity index (χ0v) is 16.0. The minimum absolute atomic E-state index is 0.236. The van der Waals surface area contributed by atoms with Gasteiger partial charge in [-0.2, -0.15) is 0 Å². The monoisotopic (exact) mass is 364 g/mol. The molecule has 2 rings (SSSR count). The van der Waals surface area contributed by atoms with Crippen LogP contribution >= 0.6 is 23.1 Å². The second kappa shape index (κ2) is 9.64. The molecule has 0 atom stereocenters. The van der Waals surface area contributed by atoms with Crippen molar-refractivity contribution in [3.8, 4) is 0 Å². The molecule has 1 aromatic heterocycles. The van der Waals surface area contributed by atoms with Crippen molar-refractivity contribution in [3.63, 3.8) is 0 Å². The molecule has 0 saturated carbocycles. The Bertz CT molecular complexity index is 656. The van der Waals surface area contributed by atoms with E-state index in [0.717, 1.165) is 40.4 Å². The summed E-state index contributed by atoms with van der Waals surface area (Å²) in [6, 6.07) is 8.17. The summed E-state index contributed by atoms with van der Waals surface area (Å²) in [6.07, 6.45) is 1.46. The van der Waals surface area contributed by atoms with Gasteiger partial charge in [-0.1, -0.05) is 35.2 Å². The highest BCUT2D eigenvalue weighted by molar-refractivity contribution is 8.01. The van der Waals surface area contributed by atoms with Gasteiger partial charge in [-0.15, -0.1) is 10.2 Å². The molecule has 24 heavy (non-hydrogen) atoms. The minimum atomic E-state index is 0.236. The molecule has 0 bridgehead atoms. The molecule has 2 aromatic rings. The number of hydrogen-bond acceptors (Lipinski definition) is 6. The second-order valence-electron chi connectivity index (χ2n) is 5.39. The van der Waals surface area contributed by atoms with Crippen LogP contribution in [-0.4, -0.2) is 39.8 Å². The Hall–Kier alpha value is -1.60. The Labute approximate surface area is 151 Å². The number of rotatable bonds is 9. The molecule has 1 heterocycles. The van der Waals surface area contributed by atoms with Crippen molar-refractivity contribution in [2.75, 3.05) is 24.2 Å². The van der Waals surface area contributed by atoms with Gasteiger partial charge in [-0.25, -0.2) is 0 Å². The number of benzene rings is 1. The number of amides is 1. The zero-order chi connectivity index (χ0) is 17.4. The van der Waals surface area contributed by atoms with Gasteiger partial charge < -0.3 is 10.2 Å². The van der Waals surface area contributed by atoms with Gasteiger partial charge >= 0.3 is 0 Å². The first-order valence-corrected chi connectivity index (χ1v) is 10.00. The lowest BCUT2D eigenvalue weighted by molar-refractivity contribution is -0.130. The number of carbonyl (C=O) groups is 1. The average molecular weight is 365 g/mol. The van der Waals surface area contributed by atoms with Gasteiger partial charge in [0, 0.05) is 31.0 Å². The van der Waals surface area contributed by atoms with Crippen LogP contribution in [0.25, 0.3) is 0 Å². The van der Waals surface area contributed by atoms with Crippen molar-refractivity contribution in [3.05, 3.63) is 29.8 Å². The quantitative estimate of drug-likeness (QED) is 0.530. The van der Waals surface area contributed by atoms with Crippen LogP contribution in [-0.2, 0) is 4.79 Å². The van der Waals surface area contributed by atoms with E-state index in [4.69, 9.17) is 0 Å². The van der Waals surface area contributed by atoms with Crippen LogP contribution in [0, 0.1) is 6.92 Å². The topological polar surface area (TPSA) is 58.1 Å². The molecule has 1 N–H and O–H groups in total. The molecule has 0 unspecified atom stereocenters. The summed E-state index contributed by atoms with van der Waals surface area (Å²) in [5.41, 5.74) is 2.23. The van der Waals surface area contributed by atoms with Crippen molar-refractivity contribution in [2.45, 2.75) is 38.0 Å². The zero-order valence-electron chi connectivity index (χ0n) is 14.4. The molecule has 7 heteroatoms. The molecule has 0 radical (unpaired) electrons.